The van der Waals surface area contributed by atoms with Crippen molar-refractivity contribution in [2.75, 3.05) is 0 Å². The van der Waals surface area contributed by atoms with Crippen LogP contribution in [0, 0.1) is 5.41 Å². The van der Waals surface area contributed by atoms with E-state index in [0.29, 0.717) is 11.5 Å². The van der Waals surface area contributed by atoms with Crippen LogP contribution in [0.5, 0.6) is 11.5 Å². The SMILES string of the molecule is CC(C)(C)Cc1cc(Cc2cc(C(C)(C)C)c(O)c(C(C)(C)C)c2)cc(C(C)(C)C)c1O. The molecule has 0 atom stereocenters. The fourth-order valence-electron chi connectivity index (χ4n) is 4.32. The first-order valence-corrected chi connectivity index (χ1v) is 11.9. The molecule has 0 aromatic heterocycles. The number of rotatable bonds is 3. The lowest BCUT2D eigenvalue weighted by atomic mass is 9.77. The molecule has 0 unspecified atom stereocenters. The normalized spacial score (nSPS) is 13.5. The van der Waals surface area contributed by atoms with E-state index >= 15 is 0 Å². The third kappa shape index (κ3) is 6.30. The highest BCUT2D eigenvalue weighted by Crippen LogP contribution is 2.41. The fraction of sp³-hybridized carbons (Fsp3) is 0.600. The zero-order valence-corrected chi connectivity index (χ0v) is 22.6. The second-order valence-corrected chi connectivity index (χ2v) is 13.9. The van der Waals surface area contributed by atoms with E-state index < -0.39 is 0 Å². The van der Waals surface area contributed by atoms with Gasteiger partial charge in [-0.25, -0.2) is 0 Å². The van der Waals surface area contributed by atoms with E-state index in [0.717, 1.165) is 35.1 Å². The third-order valence-corrected chi connectivity index (χ3v) is 5.97. The van der Waals surface area contributed by atoms with Crippen molar-refractivity contribution in [3.8, 4) is 11.5 Å². The van der Waals surface area contributed by atoms with Crippen molar-refractivity contribution in [1.82, 2.24) is 0 Å². The lowest BCUT2D eigenvalue weighted by Crippen LogP contribution is -2.18. The van der Waals surface area contributed by atoms with Crippen molar-refractivity contribution >= 4 is 0 Å². The number of phenols is 2. The maximum atomic E-state index is 11.1. The molecule has 0 heterocycles. The molecule has 2 rings (SSSR count). The van der Waals surface area contributed by atoms with Gasteiger partial charge in [0, 0.05) is 0 Å². The summed E-state index contributed by atoms with van der Waals surface area (Å²) in [5, 5.41) is 22.2. The molecule has 0 saturated heterocycles. The first kappa shape index (κ1) is 26.3. The first-order valence-electron chi connectivity index (χ1n) is 11.9. The molecule has 2 aromatic carbocycles. The topological polar surface area (TPSA) is 40.5 Å². The summed E-state index contributed by atoms with van der Waals surface area (Å²) >= 11 is 0. The molecule has 178 valence electrons. The van der Waals surface area contributed by atoms with Gasteiger partial charge in [-0.1, -0.05) is 107 Å². The Bertz CT molecular complexity index is 933. The summed E-state index contributed by atoms with van der Waals surface area (Å²) in [6.07, 6.45) is 1.60. The Kier molecular flexibility index (Phi) is 6.93. The summed E-state index contributed by atoms with van der Waals surface area (Å²) in [5.41, 5.74) is 6.05. The van der Waals surface area contributed by atoms with Crippen LogP contribution in [0.25, 0.3) is 0 Å². The second-order valence-electron chi connectivity index (χ2n) is 13.9. The zero-order valence-electron chi connectivity index (χ0n) is 22.6. The molecule has 0 aliphatic rings. The Labute approximate surface area is 197 Å². The molecule has 0 amide bonds. The summed E-state index contributed by atoms with van der Waals surface area (Å²) in [7, 11) is 0. The van der Waals surface area contributed by atoms with Gasteiger partial charge in [0.05, 0.1) is 0 Å². The summed E-state index contributed by atoms with van der Waals surface area (Å²) in [4.78, 5) is 0. The largest absolute Gasteiger partial charge is 0.507 e. The van der Waals surface area contributed by atoms with E-state index in [1.807, 2.05) is 0 Å². The Balaban J connectivity index is 2.69. The van der Waals surface area contributed by atoms with Crippen molar-refractivity contribution in [1.29, 1.82) is 0 Å². The van der Waals surface area contributed by atoms with Gasteiger partial charge in [0.25, 0.3) is 0 Å². The third-order valence-electron chi connectivity index (χ3n) is 5.97. The van der Waals surface area contributed by atoms with Crippen LogP contribution < -0.4 is 0 Å². The Morgan fingerprint density at radius 2 is 0.875 bits per heavy atom. The van der Waals surface area contributed by atoms with Gasteiger partial charge >= 0.3 is 0 Å². The molecule has 0 aliphatic carbocycles. The van der Waals surface area contributed by atoms with Gasteiger partial charge in [0.15, 0.2) is 0 Å². The lowest BCUT2D eigenvalue weighted by molar-refractivity contribution is 0.388. The number of hydrogen-bond donors (Lipinski definition) is 2. The van der Waals surface area contributed by atoms with Crippen molar-refractivity contribution in [3.63, 3.8) is 0 Å². The number of benzene rings is 2. The van der Waals surface area contributed by atoms with Crippen LogP contribution in [0.15, 0.2) is 24.3 Å². The maximum Gasteiger partial charge on any atom is 0.123 e. The summed E-state index contributed by atoms with van der Waals surface area (Å²) < 4.78 is 0. The van der Waals surface area contributed by atoms with Crippen LogP contribution in [0.4, 0.5) is 0 Å². The second kappa shape index (κ2) is 8.43. The highest BCUT2D eigenvalue weighted by molar-refractivity contribution is 5.52. The van der Waals surface area contributed by atoms with E-state index in [1.165, 1.54) is 11.1 Å². The quantitative estimate of drug-likeness (QED) is 0.507. The van der Waals surface area contributed by atoms with Crippen molar-refractivity contribution in [2.45, 2.75) is 112 Å². The maximum absolute atomic E-state index is 11.1. The summed E-state index contributed by atoms with van der Waals surface area (Å²) in [6.45, 7) is 26.0. The molecule has 0 bridgehead atoms. The van der Waals surface area contributed by atoms with E-state index in [-0.39, 0.29) is 21.7 Å². The standard InChI is InChI=1S/C30H46O2/c1-27(2,3)18-21-14-19(15-22(25(21)31)28(4,5)6)13-20-16-23(29(7,8)9)26(32)24(17-20)30(10,11)12/h14-17,31-32H,13,18H2,1-12H3. The van der Waals surface area contributed by atoms with Gasteiger partial charge in [0.2, 0.25) is 0 Å². The molecule has 0 spiro atoms. The molecular formula is C30H46O2. The Morgan fingerprint density at radius 3 is 1.22 bits per heavy atom. The average molecular weight is 439 g/mol. The van der Waals surface area contributed by atoms with Crippen molar-refractivity contribution in [3.05, 3.63) is 57.6 Å². The minimum absolute atomic E-state index is 0.0859. The number of hydrogen-bond acceptors (Lipinski definition) is 2. The highest BCUT2D eigenvalue weighted by atomic mass is 16.3. The molecule has 0 fully saturated rings. The van der Waals surface area contributed by atoms with Crippen LogP contribution in [0.2, 0.25) is 0 Å². The monoisotopic (exact) mass is 438 g/mol. The van der Waals surface area contributed by atoms with Gasteiger partial charge in [0.1, 0.15) is 11.5 Å². The van der Waals surface area contributed by atoms with Gasteiger partial charge in [-0.3, -0.25) is 0 Å². The average Bonchev–Trinajstić information content (AvgIpc) is 2.54. The molecule has 32 heavy (non-hydrogen) atoms. The molecule has 0 aliphatic heterocycles. The minimum atomic E-state index is -0.150. The molecule has 0 radical (unpaired) electrons. The van der Waals surface area contributed by atoms with E-state index in [9.17, 15) is 10.2 Å². The number of aromatic hydroxyl groups is 2. The van der Waals surface area contributed by atoms with Crippen molar-refractivity contribution < 1.29 is 10.2 Å². The Morgan fingerprint density at radius 1 is 0.531 bits per heavy atom. The Hall–Kier alpha value is -1.96. The first-order chi connectivity index (χ1) is 14.2. The van der Waals surface area contributed by atoms with Gasteiger partial charge in [-0.15, -0.1) is 0 Å². The molecule has 2 N–H and O–H groups in total. The van der Waals surface area contributed by atoms with Crippen LogP contribution in [0.1, 0.15) is 116 Å². The molecule has 2 aromatic rings. The summed E-state index contributed by atoms with van der Waals surface area (Å²) in [5.74, 6) is 0.857. The predicted octanol–water partition coefficient (Wildman–Crippen LogP) is 8.17. The van der Waals surface area contributed by atoms with Crippen LogP contribution in [-0.2, 0) is 29.1 Å². The molecule has 2 heteroatoms. The van der Waals surface area contributed by atoms with E-state index in [4.69, 9.17) is 0 Å². The van der Waals surface area contributed by atoms with Crippen LogP contribution in [-0.4, -0.2) is 10.2 Å². The summed E-state index contributed by atoms with van der Waals surface area (Å²) in [6, 6.07) is 8.67. The zero-order chi connectivity index (χ0) is 24.9. The van der Waals surface area contributed by atoms with Crippen LogP contribution in [0.3, 0.4) is 0 Å². The molecular weight excluding hydrogens is 392 g/mol. The van der Waals surface area contributed by atoms with E-state index in [2.05, 4.69) is 107 Å². The number of phenolic OH excluding ortho intramolecular Hbond substituents is 2. The van der Waals surface area contributed by atoms with Gasteiger partial charge < -0.3 is 10.2 Å². The molecule has 2 nitrogen and oxygen atoms in total. The van der Waals surface area contributed by atoms with Gasteiger partial charge in [-0.05, 0) is 67.9 Å². The van der Waals surface area contributed by atoms with Crippen LogP contribution >= 0.6 is 0 Å². The highest BCUT2D eigenvalue weighted by Gasteiger charge is 2.27. The van der Waals surface area contributed by atoms with Gasteiger partial charge in [-0.2, -0.15) is 0 Å². The fourth-order valence-corrected chi connectivity index (χ4v) is 4.32. The van der Waals surface area contributed by atoms with E-state index in [1.54, 1.807) is 0 Å². The molecule has 0 saturated carbocycles. The minimum Gasteiger partial charge on any atom is -0.507 e. The predicted molar refractivity (Wildman–Crippen MR) is 138 cm³/mol. The smallest absolute Gasteiger partial charge is 0.123 e. The van der Waals surface area contributed by atoms with Crippen molar-refractivity contribution in [2.24, 2.45) is 5.41 Å². The lowest BCUT2D eigenvalue weighted by Gasteiger charge is -2.29.